The van der Waals surface area contributed by atoms with E-state index in [9.17, 15) is 9.59 Å². The summed E-state index contributed by atoms with van der Waals surface area (Å²) in [5.74, 6) is -0.358. The number of amides is 1. The van der Waals surface area contributed by atoms with Crippen molar-refractivity contribution in [2.75, 3.05) is 0 Å². The molecule has 4 nitrogen and oxygen atoms in total. The highest BCUT2D eigenvalue weighted by molar-refractivity contribution is 5.94. The van der Waals surface area contributed by atoms with E-state index in [0.717, 1.165) is 17.7 Å². The average Bonchev–Trinajstić information content (AvgIpc) is 2.47. The van der Waals surface area contributed by atoms with Crippen molar-refractivity contribution < 1.29 is 4.79 Å². The number of rotatable bonds is 4. The maximum atomic E-state index is 12.2. The van der Waals surface area contributed by atoms with E-state index in [1.807, 2.05) is 19.1 Å². The summed E-state index contributed by atoms with van der Waals surface area (Å²) in [4.78, 5) is 26.8. The van der Waals surface area contributed by atoms with Crippen molar-refractivity contribution in [1.29, 1.82) is 0 Å². The van der Waals surface area contributed by atoms with Crippen LogP contribution in [0.25, 0.3) is 0 Å². The smallest absolute Gasteiger partial charge is 0.257 e. The zero-order valence-electron chi connectivity index (χ0n) is 12.6. The van der Waals surface area contributed by atoms with Gasteiger partial charge in [-0.1, -0.05) is 31.2 Å². The lowest BCUT2D eigenvalue weighted by molar-refractivity contribution is 0.0938. The second-order valence-electron chi connectivity index (χ2n) is 5.18. The molecule has 0 aliphatic carbocycles. The highest BCUT2D eigenvalue weighted by Gasteiger charge is 2.14. The Labute approximate surface area is 124 Å². The summed E-state index contributed by atoms with van der Waals surface area (Å²) in [7, 11) is 0. The molecule has 1 heterocycles. The Morgan fingerprint density at radius 2 is 1.95 bits per heavy atom. The Kier molecular flexibility index (Phi) is 4.58. The minimum atomic E-state index is -0.358. The van der Waals surface area contributed by atoms with Gasteiger partial charge in [-0.15, -0.1) is 0 Å². The van der Waals surface area contributed by atoms with Crippen LogP contribution in [0.5, 0.6) is 0 Å². The molecule has 0 radical (unpaired) electrons. The molecule has 0 saturated carbocycles. The van der Waals surface area contributed by atoms with E-state index in [0.29, 0.717) is 0 Å². The first kappa shape index (κ1) is 15.0. The fourth-order valence-corrected chi connectivity index (χ4v) is 2.15. The van der Waals surface area contributed by atoms with Gasteiger partial charge >= 0.3 is 0 Å². The van der Waals surface area contributed by atoms with Gasteiger partial charge in [-0.25, -0.2) is 0 Å². The van der Waals surface area contributed by atoms with Gasteiger partial charge < -0.3 is 10.3 Å². The van der Waals surface area contributed by atoms with Crippen LogP contribution in [0.15, 0.2) is 41.3 Å². The van der Waals surface area contributed by atoms with Crippen LogP contribution in [-0.4, -0.2) is 10.9 Å². The van der Waals surface area contributed by atoms with Crippen molar-refractivity contribution in [1.82, 2.24) is 10.3 Å². The van der Waals surface area contributed by atoms with Gasteiger partial charge in [-0.3, -0.25) is 9.59 Å². The largest absolute Gasteiger partial charge is 0.364 e. The van der Waals surface area contributed by atoms with Gasteiger partial charge in [-0.05, 0) is 31.4 Å². The van der Waals surface area contributed by atoms with Gasteiger partial charge in [0.25, 0.3) is 5.91 Å². The minimum Gasteiger partial charge on any atom is -0.364 e. The van der Waals surface area contributed by atoms with E-state index < -0.39 is 0 Å². The van der Waals surface area contributed by atoms with Gasteiger partial charge in [-0.2, -0.15) is 0 Å². The number of aryl methyl sites for hydroxylation is 2. The number of nitrogens with one attached hydrogen (secondary N) is 2. The molecule has 0 fully saturated rings. The molecular formula is C17H20N2O2. The highest BCUT2D eigenvalue weighted by atomic mass is 16.2. The van der Waals surface area contributed by atoms with E-state index >= 15 is 0 Å². The van der Waals surface area contributed by atoms with E-state index in [-0.39, 0.29) is 22.9 Å². The van der Waals surface area contributed by atoms with Crippen LogP contribution in [-0.2, 0) is 6.42 Å². The molecule has 21 heavy (non-hydrogen) atoms. The summed E-state index contributed by atoms with van der Waals surface area (Å²) in [6.45, 7) is 5.78. The fraction of sp³-hybridized carbons (Fsp3) is 0.294. The molecule has 4 heteroatoms. The summed E-state index contributed by atoms with van der Waals surface area (Å²) in [5, 5.41) is 2.85. The molecule has 0 aliphatic rings. The van der Waals surface area contributed by atoms with Crippen LogP contribution in [0.3, 0.4) is 0 Å². The quantitative estimate of drug-likeness (QED) is 0.906. The van der Waals surface area contributed by atoms with Crippen LogP contribution in [0.1, 0.15) is 47.1 Å². The fourth-order valence-electron chi connectivity index (χ4n) is 2.15. The zero-order valence-corrected chi connectivity index (χ0v) is 12.6. The van der Waals surface area contributed by atoms with Gasteiger partial charge in [0.05, 0.1) is 6.04 Å². The van der Waals surface area contributed by atoms with Crippen molar-refractivity contribution in [3.8, 4) is 0 Å². The molecule has 0 saturated heterocycles. The van der Waals surface area contributed by atoms with Crippen LogP contribution in [0.4, 0.5) is 0 Å². The lowest BCUT2D eigenvalue weighted by Gasteiger charge is -2.14. The second kappa shape index (κ2) is 6.39. The second-order valence-corrected chi connectivity index (χ2v) is 5.18. The number of carbonyl (C=O) groups excluding carboxylic acids is 1. The number of H-pyrrole nitrogens is 1. The van der Waals surface area contributed by atoms with Crippen molar-refractivity contribution in [3.63, 3.8) is 0 Å². The monoisotopic (exact) mass is 284 g/mol. The van der Waals surface area contributed by atoms with Crippen LogP contribution in [0, 0.1) is 6.92 Å². The topological polar surface area (TPSA) is 62.0 Å². The lowest BCUT2D eigenvalue weighted by atomic mass is 10.0. The number of hydrogen-bond donors (Lipinski definition) is 2. The van der Waals surface area contributed by atoms with Crippen molar-refractivity contribution in [2.45, 2.75) is 33.2 Å². The number of benzene rings is 1. The SMILES string of the molecule is CCc1ccc(C(C)NC(=O)c2c[nH]c(C)cc2=O)cc1. The number of aromatic amines is 1. The maximum Gasteiger partial charge on any atom is 0.257 e. The zero-order chi connectivity index (χ0) is 15.4. The van der Waals surface area contributed by atoms with E-state index in [1.54, 1.807) is 6.92 Å². The molecule has 2 rings (SSSR count). The van der Waals surface area contributed by atoms with Crippen LogP contribution < -0.4 is 10.7 Å². The van der Waals surface area contributed by atoms with Gasteiger partial charge in [0.2, 0.25) is 0 Å². The van der Waals surface area contributed by atoms with Gasteiger partial charge in [0, 0.05) is 18.0 Å². The molecule has 110 valence electrons. The molecule has 2 aromatic rings. The molecule has 1 unspecified atom stereocenters. The molecular weight excluding hydrogens is 264 g/mol. The normalized spacial score (nSPS) is 12.0. The molecule has 1 aromatic heterocycles. The molecule has 2 N–H and O–H groups in total. The van der Waals surface area contributed by atoms with Gasteiger partial charge in [0.1, 0.15) is 5.56 Å². The molecule has 0 aliphatic heterocycles. The third-order valence-corrected chi connectivity index (χ3v) is 3.54. The van der Waals surface area contributed by atoms with Crippen molar-refractivity contribution in [3.05, 3.63) is 69.1 Å². The van der Waals surface area contributed by atoms with E-state index in [4.69, 9.17) is 0 Å². The Morgan fingerprint density at radius 1 is 1.29 bits per heavy atom. The summed E-state index contributed by atoms with van der Waals surface area (Å²) in [6.07, 6.45) is 2.44. The van der Waals surface area contributed by atoms with E-state index in [2.05, 4.69) is 29.4 Å². The number of aromatic nitrogens is 1. The number of hydrogen-bond acceptors (Lipinski definition) is 2. The summed E-state index contributed by atoms with van der Waals surface area (Å²) in [6, 6.07) is 9.39. The average molecular weight is 284 g/mol. The Bertz CT molecular complexity index is 687. The van der Waals surface area contributed by atoms with Crippen molar-refractivity contribution in [2.24, 2.45) is 0 Å². The van der Waals surface area contributed by atoms with Crippen molar-refractivity contribution >= 4 is 5.91 Å². The van der Waals surface area contributed by atoms with Crippen LogP contribution in [0.2, 0.25) is 0 Å². The summed E-state index contributed by atoms with van der Waals surface area (Å²) < 4.78 is 0. The first-order valence-electron chi connectivity index (χ1n) is 7.10. The Hall–Kier alpha value is -2.36. The molecule has 1 atom stereocenters. The molecule has 0 spiro atoms. The third kappa shape index (κ3) is 3.60. The molecule has 0 bridgehead atoms. The molecule has 1 aromatic carbocycles. The predicted molar refractivity (Wildman–Crippen MR) is 83.5 cm³/mol. The maximum absolute atomic E-state index is 12.2. The van der Waals surface area contributed by atoms with E-state index in [1.165, 1.54) is 17.8 Å². The summed E-state index contributed by atoms with van der Waals surface area (Å²) in [5.41, 5.74) is 2.88. The number of pyridine rings is 1. The summed E-state index contributed by atoms with van der Waals surface area (Å²) >= 11 is 0. The first-order valence-corrected chi connectivity index (χ1v) is 7.10. The van der Waals surface area contributed by atoms with Gasteiger partial charge in [0.15, 0.2) is 5.43 Å². The predicted octanol–water partition coefficient (Wildman–Crippen LogP) is 2.74. The Morgan fingerprint density at radius 3 is 2.52 bits per heavy atom. The minimum absolute atomic E-state index is 0.137. The van der Waals surface area contributed by atoms with Crippen LogP contribution >= 0.6 is 0 Å². The standard InChI is InChI=1S/C17H20N2O2/c1-4-13-5-7-14(8-6-13)12(3)19-17(21)15-10-18-11(2)9-16(15)20/h5-10,12H,4H2,1-3H3,(H,18,20)(H,19,21). The highest BCUT2D eigenvalue weighted by Crippen LogP contribution is 2.14. The number of carbonyl (C=O) groups is 1. The molecule has 1 amide bonds. The third-order valence-electron chi connectivity index (χ3n) is 3.54. The first-order chi connectivity index (χ1) is 10.0. The lowest BCUT2D eigenvalue weighted by Crippen LogP contribution is -2.30. The Balaban J connectivity index is 2.12.